The number of carbonyl (C=O) groups is 2. The zero-order chi connectivity index (χ0) is 28.8. The largest absolute Gasteiger partial charge is 0.381 e. The van der Waals surface area contributed by atoms with E-state index >= 15 is 0 Å². The molecule has 3 aromatic carbocycles. The third-order valence-corrected chi connectivity index (χ3v) is 8.62. The highest BCUT2D eigenvalue weighted by Crippen LogP contribution is 2.38. The molecule has 2 aliphatic heterocycles. The van der Waals surface area contributed by atoms with Crippen molar-refractivity contribution in [3.63, 3.8) is 0 Å². The van der Waals surface area contributed by atoms with E-state index in [9.17, 15) is 9.59 Å². The van der Waals surface area contributed by atoms with Crippen LogP contribution in [0.3, 0.4) is 0 Å². The van der Waals surface area contributed by atoms with E-state index in [2.05, 4.69) is 45.1 Å². The third-order valence-electron chi connectivity index (χ3n) is 8.18. The van der Waals surface area contributed by atoms with Gasteiger partial charge in [0.25, 0.3) is 0 Å². The summed E-state index contributed by atoms with van der Waals surface area (Å²) >= 11 is 12.2. The summed E-state index contributed by atoms with van der Waals surface area (Å²) in [5.41, 5.74) is 4.42. The smallest absolute Gasteiger partial charge is 0.319 e. The van der Waals surface area contributed by atoms with E-state index < -0.39 is 0 Å². The minimum Gasteiger partial charge on any atom is -0.381 e. The number of carbonyl (C=O) groups excluding carboxylic acids is 2. The molecule has 2 fully saturated rings. The Labute approximate surface area is 251 Å². The third kappa shape index (κ3) is 7.60. The maximum atomic E-state index is 12.9. The van der Waals surface area contributed by atoms with Crippen molar-refractivity contribution in [3.05, 3.63) is 82.3 Å². The number of anilines is 2. The first-order valence-electron chi connectivity index (χ1n) is 14.1. The van der Waals surface area contributed by atoms with Crippen LogP contribution in [-0.2, 0) is 14.9 Å². The van der Waals surface area contributed by atoms with Crippen molar-refractivity contribution in [1.82, 2.24) is 10.2 Å². The Morgan fingerprint density at radius 3 is 2.22 bits per heavy atom. The lowest BCUT2D eigenvalue weighted by Crippen LogP contribution is -2.52. The molecule has 2 saturated heterocycles. The Kier molecular flexibility index (Phi) is 9.50. The number of hydrogen-bond donors (Lipinski definition) is 3. The summed E-state index contributed by atoms with van der Waals surface area (Å²) in [5, 5.41) is 9.78. The number of benzene rings is 3. The average molecular weight is 596 g/mol. The fourth-order valence-corrected chi connectivity index (χ4v) is 6.51. The summed E-state index contributed by atoms with van der Waals surface area (Å²) in [6.45, 7) is 5.61. The normalized spacial score (nSPS) is 17.5. The molecule has 0 atom stereocenters. The van der Waals surface area contributed by atoms with Crippen molar-refractivity contribution in [3.8, 4) is 11.1 Å². The monoisotopic (exact) mass is 594 g/mol. The minimum atomic E-state index is -0.291. The molecular weight excluding hydrogens is 559 g/mol. The van der Waals surface area contributed by atoms with Crippen LogP contribution in [0.15, 0.2) is 66.7 Å². The van der Waals surface area contributed by atoms with Crippen molar-refractivity contribution >= 4 is 46.5 Å². The summed E-state index contributed by atoms with van der Waals surface area (Å²) in [6, 6.07) is 21.7. The topological polar surface area (TPSA) is 82.7 Å². The number of urea groups is 1. The van der Waals surface area contributed by atoms with Gasteiger partial charge in [-0.1, -0.05) is 59.6 Å². The Bertz CT molecular complexity index is 1350. The summed E-state index contributed by atoms with van der Waals surface area (Å²) in [5.74, 6) is -0.0958. The number of hydrogen-bond acceptors (Lipinski definition) is 4. The van der Waals surface area contributed by atoms with Gasteiger partial charge >= 0.3 is 6.03 Å². The number of amides is 3. The van der Waals surface area contributed by atoms with Crippen LogP contribution in [0, 0.1) is 0 Å². The molecule has 0 unspecified atom stereocenters. The molecule has 0 spiro atoms. The molecule has 0 aliphatic carbocycles. The fraction of sp³-hybridized carbons (Fsp3) is 0.375. The Morgan fingerprint density at radius 1 is 0.878 bits per heavy atom. The van der Waals surface area contributed by atoms with Gasteiger partial charge in [0, 0.05) is 59.6 Å². The van der Waals surface area contributed by atoms with Crippen LogP contribution in [0.25, 0.3) is 11.1 Å². The highest BCUT2D eigenvalue weighted by Gasteiger charge is 2.38. The number of halogens is 2. The van der Waals surface area contributed by atoms with Crippen molar-refractivity contribution in [2.24, 2.45) is 0 Å². The second kappa shape index (κ2) is 13.3. The van der Waals surface area contributed by atoms with Crippen LogP contribution in [0.1, 0.15) is 38.2 Å². The van der Waals surface area contributed by atoms with Crippen LogP contribution < -0.4 is 16.0 Å². The van der Waals surface area contributed by atoms with Gasteiger partial charge in [-0.05, 0) is 85.8 Å². The van der Waals surface area contributed by atoms with E-state index in [1.807, 2.05) is 24.3 Å². The molecule has 2 heterocycles. The molecule has 41 heavy (non-hydrogen) atoms. The standard InChI is InChI=1S/C32H36Cl2N4O3/c1-22(39)36-28-4-2-3-24(17-28)23-5-7-25(8-6-23)32(11-13-38(14-12-32)30-9-15-41-16-10-30)21-35-31(40)37-29-19-26(33)18-27(34)20-29/h2-8,17-20,30H,9-16,21H2,1H3,(H,36,39)(H2,35,37,40). The fourth-order valence-electron chi connectivity index (χ4n) is 5.98. The zero-order valence-electron chi connectivity index (χ0n) is 23.2. The maximum absolute atomic E-state index is 12.9. The molecular formula is C32H36Cl2N4O3. The van der Waals surface area contributed by atoms with Gasteiger partial charge in [-0.3, -0.25) is 4.79 Å². The summed E-state index contributed by atoms with van der Waals surface area (Å²) in [6.07, 6.45) is 4.01. The van der Waals surface area contributed by atoms with Crippen LogP contribution in [0.2, 0.25) is 10.0 Å². The van der Waals surface area contributed by atoms with Gasteiger partial charge in [0.1, 0.15) is 0 Å². The Morgan fingerprint density at radius 2 is 1.56 bits per heavy atom. The Hall–Kier alpha value is -3.10. The predicted molar refractivity (Wildman–Crippen MR) is 166 cm³/mol. The minimum absolute atomic E-state index is 0.0958. The van der Waals surface area contributed by atoms with Gasteiger partial charge < -0.3 is 25.6 Å². The van der Waals surface area contributed by atoms with Crippen LogP contribution in [0.4, 0.5) is 16.2 Å². The lowest BCUT2D eigenvalue weighted by atomic mass is 9.72. The van der Waals surface area contributed by atoms with Crippen LogP contribution >= 0.6 is 23.2 Å². The number of likely N-dealkylation sites (tertiary alicyclic amines) is 1. The first-order valence-corrected chi connectivity index (χ1v) is 14.9. The summed E-state index contributed by atoms with van der Waals surface area (Å²) < 4.78 is 5.58. The number of ether oxygens (including phenoxy) is 1. The highest BCUT2D eigenvalue weighted by molar-refractivity contribution is 6.35. The lowest BCUT2D eigenvalue weighted by molar-refractivity contribution is -0.114. The molecule has 2 aliphatic rings. The molecule has 216 valence electrons. The van der Waals surface area contributed by atoms with Crippen molar-refractivity contribution in [1.29, 1.82) is 0 Å². The predicted octanol–water partition coefficient (Wildman–Crippen LogP) is 6.95. The average Bonchev–Trinajstić information content (AvgIpc) is 2.96. The van der Waals surface area contributed by atoms with Crippen molar-refractivity contribution in [2.45, 2.75) is 44.1 Å². The van der Waals surface area contributed by atoms with Gasteiger partial charge in [-0.25, -0.2) is 4.79 Å². The van der Waals surface area contributed by atoms with Gasteiger partial charge in [0.2, 0.25) is 5.91 Å². The van der Waals surface area contributed by atoms with Gasteiger partial charge in [-0.2, -0.15) is 0 Å². The number of rotatable bonds is 7. The summed E-state index contributed by atoms with van der Waals surface area (Å²) in [7, 11) is 0. The molecule has 0 bridgehead atoms. The van der Waals surface area contributed by atoms with E-state index in [-0.39, 0.29) is 17.4 Å². The maximum Gasteiger partial charge on any atom is 0.319 e. The van der Waals surface area contributed by atoms with E-state index in [1.165, 1.54) is 12.5 Å². The summed E-state index contributed by atoms with van der Waals surface area (Å²) in [4.78, 5) is 27.1. The molecule has 5 rings (SSSR count). The van der Waals surface area contributed by atoms with E-state index in [0.29, 0.717) is 28.3 Å². The number of nitrogens with zero attached hydrogens (tertiary/aromatic N) is 1. The molecule has 3 N–H and O–H groups in total. The van der Waals surface area contributed by atoms with Crippen molar-refractivity contribution in [2.75, 3.05) is 43.5 Å². The highest BCUT2D eigenvalue weighted by atomic mass is 35.5. The Balaban J connectivity index is 1.33. The second-order valence-electron chi connectivity index (χ2n) is 11.0. The molecule has 9 heteroatoms. The number of piperidine rings is 1. The number of nitrogens with one attached hydrogen (secondary N) is 3. The zero-order valence-corrected chi connectivity index (χ0v) is 24.7. The molecule has 0 saturated carbocycles. The van der Waals surface area contributed by atoms with Crippen LogP contribution in [0.5, 0.6) is 0 Å². The SMILES string of the molecule is CC(=O)Nc1cccc(-c2ccc(C3(CNC(=O)Nc4cc(Cl)cc(Cl)c4)CCN(C4CCOCC4)CC3)cc2)c1. The van der Waals surface area contributed by atoms with Gasteiger partial charge in [0.05, 0.1) is 0 Å². The van der Waals surface area contributed by atoms with E-state index in [4.69, 9.17) is 27.9 Å². The van der Waals surface area contributed by atoms with Crippen molar-refractivity contribution < 1.29 is 14.3 Å². The molecule has 3 amide bonds. The first kappa shape index (κ1) is 29.4. The van der Waals surface area contributed by atoms with E-state index in [1.54, 1.807) is 18.2 Å². The van der Waals surface area contributed by atoms with Crippen LogP contribution in [-0.4, -0.2) is 55.7 Å². The quantitative estimate of drug-likeness (QED) is 0.276. The molecule has 0 radical (unpaired) electrons. The lowest BCUT2D eigenvalue weighted by Gasteiger charge is -2.45. The molecule has 7 nitrogen and oxygen atoms in total. The first-order chi connectivity index (χ1) is 19.8. The molecule has 0 aromatic heterocycles. The second-order valence-corrected chi connectivity index (χ2v) is 11.8. The molecule has 3 aromatic rings. The van der Waals surface area contributed by atoms with Gasteiger partial charge in [-0.15, -0.1) is 0 Å². The van der Waals surface area contributed by atoms with Gasteiger partial charge in [0.15, 0.2) is 0 Å². The van der Waals surface area contributed by atoms with E-state index in [0.717, 1.165) is 68.8 Å².